The maximum absolute atomic E-state index is 9.12. The second-order valence-electron chi connectivity index (χ2n) is 2.95. The fourth-order valence-electron chi connectivity index (χ4n) is 1.25. The van der Waals surface area contributed by atoms with Crippen LogP contribution in [0.5, 0.6) is 0 Å². The fourth-order valence-corrected chi connectivity index (χ4v) is 1.25. The predicted molar refractivity (Wildman–Crippen MR) is 54.2 cm³/mol. The van der Waals surface area contributed by atoms with E-state index in [0.29, 0.717) is 0 Å². The molecule has 1 aromatic rings. The maximum Gasteiger partial charge on any atom is 0.0626 e. The van der Waals surface area contributed by atoms with Gasteiger partial charge in [-0.05, 0) is 18.5 Å². The van der Waals surface area contributed by atoms with Crippen LogP contribution in [-0.4, -0.2) is 18.3 Å². The minimum Gasteiger partial charge on any atom is -0.394 e. The third-order valence-corrected chi connectivity index (χ3v) is 1.95. The molecule has 1 rings (SSSR count). The molecule has 0 saturated heterocycles. The maximum atomic E-state index is 9.12. The quantitative estimate of drug-likeness (QED) is 0.716. The van der Waals surface area contributed by atoms with Crippen LogP contribution in [0.15, 0.2) is 30.3 Å². The molecule has 1 aromatic carbocycles. The summed E-state index contributed by atoms with van der Waals surface area (Å²) in [6.07, 6.45) is 0.837. The summed E-state index contributed by atoms with van der Waals surface area (Å²) < 4.78 is 0. The lowest BCUT2D eigenvalue weighted by Crippen LogP contribution is -2.24. The summed E-state index contributed by atoms with van der Waals surface area (Å²) in [4.78, 5) is 0. The molecule has 13 heavy (non-hydrogen) atoms. The van der Waals surface area contributed by atoms with E-state index in [2.05, 4.69) is 12.2 Å². The minimum absolute atomic E-state index is 0.0444. The number of rotatable bonds is 5. The second kappa shape index (κ2) is 5.73. The molecule has 0 bridgehead atoms. The summed E-state index contributed by atoms with van der Waals surface area (Å²) in [6.45, 7) is 4.70. The lowest BCUT2D eigenvalue weighted by molar-refractivity contribution is 0.245. The third-order valence-electron chi connectivity index (χ3n) is 1.95. The van der Waals surface area contributed by atoms with Gasteiger partial charge in [0.05, 0.1) is 12.6 Å². The molecule has 0 amide bonds. The van der Waals surface area contributed by atoms with Gasteiger partial charge in [0.1, 0.15) is 0 Å². The molecule has 2 N–H and O–H groups in total. The molecule has 0 fully saturated rings. The van der Waals surface area contributed by atoms with Crippen LogP contribution < -0.4 is 5.32 Å². The molecular weight excluding hydrogens is 162 g/mol. The fraction of sp³-hybridized carbons (Fsp3) is 0.364. The molecule has 2 nitrogen and oxygen atoms in total. The first kappa shape index (κ1) is 10.2. The van der Waals surface area contributed by atoms with Crippen molar-refractivity contribution in [1.29, 1.82) is 0 Å². The highest BCUT2D eigenvalue weighted by Gasteiger charge is 2.06. The normalized spacial score (nSPS) is 12.8. The highest BCUT2D eigenvalue weighted by atomic mass is 16.3. The number of hydrogen-bond donors (Lipinski definition) is 2. The highest BCUT2D eigenvalue weighted by molar-refractivity contribution is 5.18. The minimum atomic E-state index is 0.0444. The Morgan fingerprint density at radius 3 is 2.54 bits per heavy atom. The Morgan fingerprint density at radius 1 is 1.31 bits per heavy atom. The average molecular weight is 178 g/mol. The van der Waals surface area contributed by atoms with Crippen molar-refractivity contribution in [3.8, 4) is 0 Å². The zero-order valence-corrected chi connectivity index (χ0v) is 7.74. The Kier molecular flexibility index (Phi) is 4.50. The van der Waals surface area contributed by atoms with Gasteiger partial charge in [-0.15, -0.1) is 0 Å². The van der Waals surface area contributed by atoms with Crippen LogP contribution in [0.25, 0.3) is 0 Å². The van der Waals surface area contributed by atoms with E-state index in [0.717, 1.165) is 18.5 Å². The molecule has 0 aliphatic rings. The van der Waals surface area contributed by atoms with Crippen molar-refractivity contribution in [2.45, 2.75) is 12.5 Å². The zero-order chi connectivity index (χ0) is 9.52. The predicted octanol–water partition coefficient (Wildman–Crippen LogP) is 1.53. The van der Waals surface area contributed by atoms with Gasteiger partial charge in [-0.2, -0.15) is 0 Å². The number of benzene rings is 1. The smallest absolute Gasteiger partial charge is 0.0626 e. The van der Waals surface area contributed by atoms with Gasteiger partial charge in [0, 0.05) is 0 Å². The van der Waals surface area contributed by atoms with Gasteiger partial charge in [-0.25, -0.2) is 0 Å². The van der Waals surface area contributed by atoms with Crippen LogP contribution >= 0.6 is 0 Å². The molecule has 2 heteroatoms. The van der Waals surface area contributed by atoms with E-state index in [4.69, 9.17) is 5.11 Å². The number of aliphatic hydroxyl groups excluding tert-OH is 1. The van der Waals surface area contributed by atoms with Gasteiger partial charge in [0.25, 0.3) is 0 Å². The molecule has 0 aromatic heterocycles. The molecule has 71 valence electrons. The summed E-state index contributed by atoms with van der Waals surface area (Å²) in [5.74, 6) is 0. The molecule has 1 radical (unpaired) electrons. The van der Waals surface area contributed by atoms with E-state index >= 15 is 0 Å². The second-order valence-corrected chi connectivity index (χ2v) is 2.95. The van der Waals surface area contributed by atoms with Crippen LogP contribution in [0.1, 0.15) is 18.0 Å². The Labute approximate surface area is 79.6 Å². The molecule has 0 saturated carbocycles. The Morgan fingerprint density at radius 2 is 2.00 bits per heavy atom. The van der Waals surface area contributed by atoms with Gasteiger partial charge in [0.15, 0.2) is 0 Å². The van der Waals surface area contributed by atoms with Crippen LogP contribution in [0.4, 0.5) is 0 Å². The summed E-state index contributed by atoms with van der Waals surface area (Å²) >= 11 is 0. The number of nitrogens with one attached hydrogen (secondary N) is 1. The summed E-state index contributed by atoms with van der Waals surface area (Å²) in [7, 11) is 0. The summed E-state index contributed by atoms with van der Waals surface area (Å²) in [6, 6.07) is 9.99. The lowest BCUT2D eigenvalue weighted by atomic mass is 10.1. The SMILES string of the molecule is [CH2]CCN[C@H](CO)c1ccccc1. The van der Waals surface area contributed by atoms with Crippen LogP contribution in [-0.2, 0) is 0 Å². The highest BCUT2D eigenvalue weighted by Crippen LogP contribution is 2.10. The van der Waals surface area contributed by atoms with Crippen LogP contribution in [0, 0.1) is 6.92 Å². The monoisotopic (exact) mass is 178 g/mol. The van der Waals surface area contributed by atoms with Crippen molar-refractivity contribution in [2.24, 2.45) is 0 Å². The third kappa shape index (κ3) is 3.17. The molecule has 0 aliphatic heterocycles. The van der Waals surface area contributed by atoms with Crippen molar-refractivity contribution in [3.05, 3.63) is 42.8 Å². The molecule has 1 atom stereocenters. The Hall–Kier alpha value is -0.860. The number of aliphatic hydroxyl groups is 1. The van der Waals surface area contributed by atoms with E-state index in [-0.39, 0.29) is 12.6 Å². The largest absolute Gasteiger partial charge is 0.394 e. The topological polar surface area (TPSA) is 32.3 Å². The van der Waals surface area contributed by atoms with Gasteiger partial charge >= 0.3 is 0 Å². The van der Waals surface area contributed by atoms with Gasteiger partial charge in [-0.1, -0.05) is 37.3 Å². The van der Waals surface area contributed by atoms with E-state index in [1.54, 1.807) is 0 Å². The van der Waals surface area contributed by atoms with Crippen molar-refractivity contribution >= 4 is 0 Å². The van der Waals surface area contributed by atoms with Gasteiger partial charge in [0.2, 0.25) is 0 Å². The standard InChI is InChI=1S/C11H16NO/c1-2-8-12-11(9-13)10-6-4-3-5-7-10/h3-7,11-13H,1-2,8-9H2/t11-/m1/s1. The van der Waals surface area contributed by atoms with E-state index < -0.39 is 0 Å². The molecular formula is C11H16NO. The molecule has 0 spiro atoms. The summed E-state index contributed by atoms with van der Waals surface area (Å²) in [5.41, 5.74) is 1.12. The first-order chi connectivity index (χ1) is 6.38. The van der Waals surface area contributed by atoms with Crippen molar-refractivity contribution in [1.82, 2.24) is 5.32 Å². The van der Waals surface area contributed by atoms with Crippen LogP contribution in [0.2, 0.25) is 0 Å². The molecule has 0 heterocycles. The van der Waals surface area contributed by atoms with Gasteiger partial charge in [-0.3, -0.25) is 0 Å². The van der Waals surface area contributed by atoms with Crippen LogP contribution in [0.3, 0.4) is 0 Å². The van der Waals surface area contributed by atoms with Crippen molar-refractivity contribution < 1.29 is 5.11 Å². The average Bonchev–Trinajstić information content (AvgIpc) is 2.21. The number of hydrogen-bond acceptors (Lipinski definition) is 2. The van der Waals surface area contributed by atoms with E-state index in [1.165, 1.54) is 0 Å². The first-order valence-electron chi connectivity index (χ1n) is 4.57. The van der Waals surface area contributed by atoms with E-state index in [9.17, 15) is 0 Å². The van der Waals surface area contributed by atoms with Gasteiger partial charge < -0.3 is 10.4 Å². The first-order valence-corrected chi connectivity index (χ1v) is 4.57. The lowest BCUT2D eigenvalue weighted by Gasteiger charge is -2.15. The molecule has 0 unspecified atom stereocenters. The molecule has 0 aliphatic carbocycles. The van der Waals surface area contributed by atoms with E-state index in [1.807, 2.05) is 30.3 Å². The Balaban J connectivity index is 2.56. The zero-order valence-electron chi connectivity index (χ0n) is 7.74. The Bertz CT molecular complexity index is 223. The van der Waals surface area contributed by atoms with Crippen molar-refractivity contribution in [3.63, 3.8) is 0 Å². The van der Waals surface area contributed by atoms with Crippen molar-refractivity contribution in [2.75, 3.05) is 13.2 Å². The summed E-state index contributed by atoms with van der Waals surface area (Å²) in [5, 5.41) is 12.3.